The normalized spacial score (nSPS) is 11.0. The molecule has 0 atom stereocenters. The minimum Gasteiger partial charge on any atom is -0.497 e. The summed E-state index contributed by atoms with van der Waals surface area (Å²) in [5.74, 6) is 2.91. The van der Waals surface area contributed by atoms with Crippen LogP contribution in [-0.2, 0) is 5.75 Å². The minimum atomic E-state index is 0.436. The van der Waals surface area contributed by atoms with E-state index in [2.05, 4.69) is 25.3 Å². The highest BCUT2D eigenvalue weighted by atomic mass is 35.5. The number of rotatable bonds is 7. The van der Waals surface area contributed by atoms with E-state index in [0.717, 1.165) is 22.6 Å². The molecule has 8 nitrogen and oxygen atoms in total. The third kappa shape index (κ3) is 4.59. The number of pyridine rings is 1. The summed E-state index contributed by atoms with van der Waals surface area (Å²) in [5.41, 5.74) is 2.64. The lowest BCUT2D eigenvalue weighted by atomic mass is 10.2. The smallest absolute Gasteiger partial charge is 0.237 e. The lowest BCUT2D eigenvalue weighted by Gasteiger charge is -2.10. The molecular formula is C23H17ClN6O2S. The molecule has 5 rings (SSSR count). The quantitative estimate of drug-likeness (QED) is 0.291. The standard InChI is InChI=1S/C23H17ClN6O2S/c1-31-19-8-6-18(7-9-19)30-22(16-10-12-25-13-11-16)27-28-23(30)33-14-20-26-21(29-32-20)15-2-4-17(24)5-3-15/h2-13H,14H2,1H3. The van der Waals surface area contributed by atoms with Crippen LogP contribution in [0.5, 0.6) is 5.75 Å². The van der Waals surface area contributed by atoms with Crippen molar-refractivity contribution in [2.24, 2.45) is 0 Å². The molecule has 2 aromatic carbocycles. The zero-order valence-corrected chi connectivity index (χ0v) is 19.0. The van der Waals surface area contributed by atoms with Crippen LogP contribution in [0.2, 0.25) is 5.02 Å². The summed E-state index contributed by atoms with van der Waals surface area (Å²) in [6, 6.07) is 18.8. The van der Waals surface area contributed by atoms with Gasteiger partial charge in [0.25, 0.3) is 0 Å². The van der Waals surface area contributed by atoms with Crippen LogP contribution in [0.4, 0.5) is 0 Å². The van der Waals surface area contributed by atoms with Crippen molar-refractivity contribution in [3.8, 4) is 34.2 Å². The van der Waals surface area contributed by atoms with Crippen molar-refractivity contribution in [1.82, 2.24) is 29.9 Å². The van der Waals surface area contributed by atoms with E-state index < -0.39 is 0 Å². The second kappa shape index (κ2) is 9.43. The van der Waals surface area contributed by atoms with Crippen LogP contribution >= 0.6 is 23.4 Å². The highest BCUT2D eigenvalue weighted by Gasteiger charge is 2.18. The zero-order chi connectivity index (χ0) is 22.6. The number of methoxy groups -OCH3 is 1. The van der Waals surface area contributed by atoms with Gasteiger partial charge in [0, 0.05) is 34.2 Å². The van der Waals surface area contributed by atoms with Gasteiger partial charge >= 0.3 is 0 Å². The molecule has 0 aliphatic heterocycles. The van der Waals surface area contributed by atoms with Crippen LogP contribution in [0.3, 0.4) is 0 Å². The summed E-state index contributed by atoms with van der Waals surface area (Å²) in [5, 5.41) is 14.3. The summed E-state index contributed by atoms with van der Waals surface area (Å²) in [4.78, 5) is 8.59. The molecule has 3 heterocycles. The Morgan fingerprint density at radius 3 is 2.42 bits per heavy atom. The van der Waals surface area contributed by atoms with Gasteiger partial charge in [-0.3, -0.25) is 9.55 Å². The van der Waals surface area contributed by atoms with Crippen LogP contribution in [-0.4, -0.2) is 37.0 Å². The highest BCUT2D eigenvalue weighted by Crippen LogP contribution is 2.30. The Balaban J connectivity index is 1.43. The summed E-state index contributed by atoms with van der Waals surface area (Å²) >= 11 is 7.41. The molecule has 0 aliphatic rings. The molecule has 10 heteroatoms. The van der Waals surface area contributed by atoms with Gasteiger partial charge < -0.3 is 9.26 Å². The van der Waals surface area contributed by atoms with E-state index in [0.29, 0.717) is 33.5 Å². The SMILES string of the molecule is COc1ccc(-n2c(SCc3nc(-c4ccc(Cl)cc4)no3)nnc2-c2ccncc2)cc1. The molecule has 0 bridgehead atoms. The molecule has 0 aliphatic carbocycles. The largest absolute Gasteiger partial charge is 0.497 e. The number of hydrogen-bond acceptors (Lipinski definition) is 8. The molecule has 0 fully saturated rings. The lowest BCUT2D eigenvalue weighted by Crippen LogP contribution is -2.00. The Bertz CT molecular complexity index is 1350. The summed E-state index contributed by atoms with van der Waals surface area (Å²) in [6.07, 6.45) is 3.46. The number of benzene rings is 2. The van der Waals surface area contributed by atoms with Gasteiger partial charge in [0.1, 0.15) is 5.75 Å². The monoisotopic (exact) mass is 476 g/mol. The molecule has 0 unspecified atom stereocenters. The Hall–Kier alpha value is -3.69. The van der Waals surface area contributed by atoms with Crippen LogP contribution in [0.1, 0.15) is 5.89 Å². The van der Waals surface area contributed by atoms with E-state index in [4.69, 9.17) is 20.9 Å². The predicted octanol–water partition coefficient (Wildman–Crippen LogP) is 5.33. The lowest BCUT2D eigenvalue weighted by molar-refractivity contribution is 0.391. The van der Waals surface area contributed by atoms with Gasteiger partial charge in [-0.2, -0.15) is 4.98 Å². The summed E-state index contributed by atoms with van der Waals surface area (Å²) in [6.45, 7) is 0. The molecule has 164 valence electrons. The number of ether oxygens (including phenoxy) is 1. The molecule has 0 saturated heterocycles. The highest BCUT2D eigenvalue weighted by molar-refractivity contribution is 7.98. The number of aromatic nitrogens is 6. The molecular weight excluding hydrogens is 460 g/mol. The fraction of sp³-hybridized carbons (Fsp3) is 0.0870. The number of nitrogens with zero attached hydrogens (tertiary/aromatic N) is 6. The zero-order valence-electron chi connectivity index (χ0n) is 17.4. The summed E-state index contributed by atoms with van der Waals surface area (Å²) < 4.78 is 12.7. The van der Waals surface area contributed by atoms with Crippen molar-refractivity contribution in [2.75, 3.05) is 7.11 Å². The van der Waals surface area contributed by atoms with Gasteiger partial charge in [-0.25, -0.2) is 0 Å². The third-order valence-electron chi connectivity index (χ3n) is 4.80. The number of thioether (sulfide) groups is 1. The average molecular weight is 477 g/mol. The third-order valence-corrected chi connectivity index (χ3v) is 5.96. The van der Waals surface area contributed by atoms with Gasteiger partial charge in [-0.15, -0.1) is 10.2 Å². The van der Waals surface area contributed by atoms with E-state index in [9.17, 15) is 0 Å². The van der Waals surface area contributed by atoms with E-state index >= 15 is 0 Å². The fourth-order valence-electron chi connectivity index (χ4n) is 3.17. The van der Waals surface area contributed by atoms with E-state index in [1.807, 2.05) is 53.1 Å². The van der Waals surface area contributed by atoms with Crippen molar-refractivity contribution in [2.45, 2.75) is 10.9 Å². The Labute approximate surface area is 198 Å². The fourth-order valence-corrected chi connectivity index (χ4v) is 4.09. The van der Waals surface area contributed by atoms with Crippen LogP contribution < -0.4 is 4.74 Å². The maximum atomic E-state index is 5.96. The molecule has 0 N–H and O–H groups in total. The maximum Gasteiger partial charge on any atom is 0.237 e. The van der Waals surface area contributed by atoms with Gasteiger partial charge in [0.2, 0.25) is 11.7 Å². The first kappa shape index (κ1) is 21.2. The number of halogens is 1. The van der Waals surface area contributed by atoms with E-state index in [1.54, 1.807) is 31.6 Å². The molecule has 0 radical (unpaired) electrons. The molecule has 0 spiro atoms. The van der Waals surface area contributed by atoms with Crippen LogP contribution in [0, 0.1) is 0 Å². The predicted molar refractivity (Wildman–Crippen MR) is 125 cm³/mol. The van der Waals surface area contributed by atoms with E-state index in [-0.39, 0.29) is 0 Å². The van der Waals surface area contributed by atoms with Crippen LogP contribution in [0.25, 0.3) is 28.5 Å². The van der Waals surface area contributed by atoms with Crippen molar-refractivity contribution in [3.63, 3.8) is 0 Å². The van der Waals surface area contributed by atoms with Crippen LogP contribution in [0.15, 0.2) is 82.7 Å². The van der Waals surface area contributed by atoms with Crippen molar-refractivity contribution in [1.29, 1.82) is 0 Å². The summed E-state index contributed by atoms with van der Waals surface area (Å²) in [7, 11) is 1.64. The Kier molecular flexibility index (Phi) is 6.05. The van der Waals surface area contributed by atoms with Gasteiger partial charge in [-0.05, 0) is 60.7 Å². The first-order valence-corrected chi connectivity index (χ1v) is 11.3. The Morgan fingerprint density at radius 1 is 0.939 bits per heavy atom. The second-order valence-corrected chi connectivity index (χ2v) is 8.26. The number of hydrogen-bond donors (Lipinski definition) is 0. The van der Waals surface area contributed by atoms with E-state index in [1.165, 1.54) is 11.8 Å². The first-order chi connectivity index (χ1) is 16.2. The molecule has 5 aromatic rings. The van der Waals surface area contributed by atoms with Gasteiger partial charge in [0.15, 0.2) is 11.0 Å². The van der Waals surface area contributed by atoms with Crippen molar-refractivity contribution >= 4 is 23.4 Å². The molecule has 33 heavy (non-hydrogen) atoms. The maximum absolute atomic E-state index is 5.96. The first-order valence-electron chi connectivity index (χ1n) is 9.93. The second-order valence-electron chi connectivity index (χ2n) is 6.88. The molecule has 0 saturated carbocycles. The van der Waals surface area contributed by atoms with Gasteiger partial charge in [0.05, 0.1) is 12.9 Å². The van der Waals surface area contributed by atoms with Crippen molar-refractivity contribution < 1.29 is 9.26 Å². The average Bonchev–Trinajstić information content (AvgIpc) is 3.51. The topological polar surface area (TPSA) is 91.8 Å². The van der Waals surface area contributed by atoms with Gasteiger partial charge in [-0.1, -0.05) is 28.5 Å². The minimum absolute atomic E-state index is 0.436. The van der Waals surface area contributed by atoms with Crippen molar-refractivity contribution in [3.05, 3.63) is 84.0 Å². The Morgan fingerprint density at radius 2 is 1.70 bits per heavy atom. The molecule has 0 amide bonds. The molecule has 3 aromatic heterocycles.